The number of alkyl halides is 3. The average molecular weight is 341 g/mol. The molecule has 10 heteroatoms. The lowest BCUT2D eigenvalue weighted by Crippen LogP contribution is -2.42. The summed E-state index contributed by atoms with van der Waals surface area (Å²) >= 11 is 0. The van der Waals surface area contributed by atoms with Gasteiger partial charge in [0, 0.05) is 32.1 Å². The van der Waals surface area contributed by atoms with Gasteiger partial charge in [-0.1, -0.05) is 0 Å². The minimum atomic E-state index is -4.56. The number of hydrogen-bond donors (Lipinski definition) is 0. The van der Waals surface area contributed by atoms with Gasteiger partial charge in [-0.2, -0.15) is 18.3 Å². The maximum Gasteiger partial charge on any atom is 0.433 e. The van der Waals surface area contributed by atoms with E-state index in [1.165, 1.54) is 23.5 Å². The minimum Gasteiger partial charge on any atom is -0.368 e. The highest BCUT2D eigenvalue weighted by molar-refractivity contribution is 5.92. The standard InChI is InChI=1S/C14H14F3N5O2/c1-21-12(14(15,16)17)6-9(20-21)13(23)22-4-5-24-11(8-22)10-7-18-2-3-19-10/h2-3,6-7,11H,4-5,8H2,1H3. The molecule has 1 saturated heterocycles. The zero-order valence-corrected chi connectivity index (χ0v) is 12.7. The van der Waals surface area contributed by atoms with Crippen molar-refractivity contribution in [2.75, 3.05) is 19.7 Å². The number of carbonyl (C=O) groups is 1. The average Bonchev–Trinajstić information content (AvgIpc) is 2.97. The third kappa shape index (κ3) is 3.23. The van der Waals surface area contributed by atoms with Gasteiger partial charge >= 0.3 is 6.18 Å². The van der Waals surface area contributed by atoms with Crippen LogP contribution in [0.25, 0.3) is 0 Å². The van der Waals surface area contributed by atoms with Gasteiger partial charge in [0.25, 0.3) is 5.91 Å². The molecule has 1 aliphatic rings. The van der Waals surface area contributed by atoms with Gasteiger partial charge < -0.3 is 9.64 Å². The van der Waals surface area contributed by atoms with Crippen LogP contribution in [0.2, 0.25) is 0 Å². The molecule has 24 heavy (non-hydrogen) atoms. The number of aryl methyl sites for hydroxylation is 1. The maximum absolute atomic E-state index is 12.8. The Kier molecular flexibility index (Phi) is 4.22. The van der Waals surface area contributed by atoms with Gasteiger partial charge in [-0.05, 0) is 0 Å². The number of ether oxygens (including phenoxy) is 1. The summed E-state index contributed by atoms with van der Waals surface area (Å²) in [6.45, 7) is 0.703. The molecule has 0 saturated carbocycles. The number of aromatic nitrogens is 4. The molecule has 0 aromatic carbocycles. The molecule has 1 unspecified atom stereocenters. The van der Waals surface area contributed by atoms with E-state index in [0.717, 1.165) is 13.1 Å². The lowest BCUT2D eigenvalue weighted by molar-refractivity contribution is -0.143. The van der Waals surface area contributed by atoms with E-state index in [-0.39, 0.29) is 25.4 Å². The summed E-state index contributed by atoms with van der Waals surface area (Å²) in [5.41, 5.74) is -0.652. The maximum atomic E-state index is 12.8. The summed E-state index contributed by atoms with van der Waals surface area (Å²) in [5.74, 6) is -0.571. The smallest absolute Gasteiger partial charge is 0.368 e. The molecule has 0 N–H and O–H groups in total. The summed E-state index contributed by atoms with van der Waals surface area (Å²) in [4.78, 5) is 21.9. The van der Waals surface area contributed by atoms with Crippen molar-refractivity contribution in [1.82, 2.24) is 24.6 Å². The number of hydrogen-bond acceptors (Lipinski definition) is 5. The molecule has 1 atom stereocenters. The van der Waals surface area contributed by atoms with Gasteiger partial charge in [-0.15, -0.1) is 0 Å². The first-order chi connectivity index (χ1) is 11.4. The Morgan fingerprint density at radius 1 is 1.38 bits per heavy atom. The van der Waals surface area contributed by atoms with Gasteiger partial charge in [0.2, 0.25) is 0 Å². The number of morpholine rings is 1. The first kappa shape index (κ1) is 16.4. The number of halogens is 3. The number of rotatable bonds is 2. The molecule has 1 aliphatic heterocycles. The molecule has 2 aromatic heterocycles. The van der Waals surface area contributed by atoms with Gasteiger partial charge in [0.05, 0.1) is 25.0 Å². The zero-order valence-electron chi connectivity index (χ0n) is 12.7. The van der Waals surface area contributed by atoms with Crippen LogP contribution in [0.5, 0.6) is 0 Å². The topological polar surface area (TPSA) is 73.1 Å². The predicted octanol–water partition coefficient (Wildman–Crippen LogP) is 1.44. The molecule has 3 heterocycles. The largest absolute Gasteiger partial charge is 0.433 e. The van der Waals surface area contributed by atoms with E-state index in [1.54, 1.807) is 0 Å². The molecule has 1 amide bonds. The van der Waals surface area contributed by atoms with Crippen molar-refractivity contribution >= 4 is 5.91 Å². The van der Waals surface area contributed by atoms with E-state index >= 15 is 0 Å². The number of nitrogens with zero attached hydrogens (tertiary/aromatic N) is 5. The van der Waals surface area contributed by atoms with Gasteiger partial charge in [-0.25, -0.2) is 0 Å². The molecule has 0 radical (unpaired) electrons. The second-order valence-electron chi connectivity index (χ2n) is 5.28. The van der Waals surface area contributed by atoms with Gasteiger partial charge in [-0.3, -0.25) is 19.4 Å². The van der Waals surface area contributed by atoms with Gasteiger partial charge in [0.15, 0.2) is 5.69 Å². The van der Waals surface area contributed by atoms with E-state index in [1.807, 2.05) is 0 Å². The lowest BCUT2D eigenvalue weighted by Gasteiger charge is -2.32. The Labute approximate surface area is 135 Å². The van der Waals surface area contributed by atoms with E-state index < -0.39 is 23.9 Å². The van der Waals surface area contributed by atoms with Crippen LogP contribution in [-0.4, -0.2) is 50.3 Å². The zero-order chi connectivity index (χ0) is 17.3. The first-order valence-corrected chi connectivity index (χ1v) is 7.14. The van der Waals surface area contributed by atoms with Crippen molar-refractivity contribution in [2.45, 2.75) is 12.3 Å². The summed E-state index contributed by atoms with van der Waals surface area (Å²) in [6, 6.07) is 0.759. The highest BCUT2D eigenvalue weighted by atomic mass is 19.4. The van der Waals surface area contributed by atoms with E-state index in [9.17, 15) is 18.0 Å². The van der Waals surface area contributed by atoms with E-state index in [0.29, 0.717) is 10.4 Å². The molecule has 2 aromatic rings. The summed E-state index contributed by atoms with van der Waals surface area (Å²) in [6.07, 6.45) is -0.480. The van der Waals surface area contributed by atoms with Crippen LogP contribution < -0.4 is 0 Å². The second kappa shape index (κ2) is 6.19. The molecule has 7 nitrogen and oxygen atoms in total. The third-order valence-corrected chi connectivity index (χ3v) is 3.66. The van der Waals surface area contributed by atoms with Crippen LogP contribution >= 0.6 is 0 Å². The van der Waals surface area contributed by atoms with Crippen LogP contribution in [0.1, 0.15) is 28.0 Å². The van der Waals surface area contributed by atoms with Gasteiger partial charge in [0.1, 0.15) is 11.8 Å². The Bertz CT molecular complexity index is 732. The van der Waals surface area contributed by atoms with Crippen molar-refractivity contribution in [2.24, 2.45) is 7.05 Å². The molecule has 3 rings (SSSR count). The van der Waals surface area contributed by atoms with E-state index in [4.69, 9.17) is 4.74 Å². The normalized spacial score (nSPS) is 18.7. The number of carbonyl (C=O) groups excluding carboxylic acids is 1. The Morgan fingerprint density at radius 3 is 2.79 bits per heavy atom. The quantitative estimate of drug-likeness (QED) is 0.826. The fraction of sp³-hybridized carbons (Fsp3) is 0.429. The molecule has 0 aliphatic carbocycles. The van der Waals surface area contributed by atoms with Crippen LogP contribution in [0.3, 0.4) is 0 Å². The van der Waals surface area contributed by atoms with Crippen molar-refractivity contribution in [3.05, 3.63) is 41.7 Å². The molecular weight excluding hydrogens is 327 g/mol. The fourth-order valence-corrected chi connectivity index (χ4v) is 2.49. The summed E-state index contributed by atoms with van der Waals surface area (Å²) < 4.78 is 44.7. The summed E-state index contributed by atoms with van der Waals surface area (Å²) in [5, 5.41) is 3.69. The lowest BCUT2D eigenvalue weighted by atomic mass is 10.2. The third-order valence-electron chi connectivity index (χ3n) is 3.66. The highest BCUT2D eigenvalue weighted by Gasteiger charge is 2.37. The van der Waals surface area contributed by atoms with Crippen molar-refractivity contribution in [1.29, 1.82) is 0 Å². The van der Waals surface area contributed by atoms with Crippen LogP contribution in [-0.2, 0) is 18.0 Å². The SMILES string of the molecule is Cn1nc(C(=O)N2CCOC(c3cnccn3)C2)cc1C(F)(F)F. The molecule has 0 bridgehead atoms. The Morgan fingerprint density at radius 2 is 2.17 bits per heavy atom. The predicted molar refractivity (Wildman–Crippen MR) is 74.8 cm³/mol. The Hall–Kier alpha value is -2.49. The van der Waals surface area contributed by atoms with Crippen molar-refractivity contribution in [3.63, 3.8) is 0 Å². The molecule has 1 fully saturated rings. The monoisotopic (exact) mass is 341 g/mol. The van der Waals surface area contributed by atoms with Crippen molar-refractivity contribution in [3.8, 4) is 0 Å². The minimum absolute atomic E-state index is 0.176. The number of amides is 1. The van der Waals surface area contributed by atoms with E-state index in [2.05, 4.69) is 15.1 Å². The second-order valence-corrected chi connectivity index (χ2v) is 5.28. The molecule has 128 valence electrons. The molecule has 0 spiro atoms. The highest BCUT2D eigenvalue weighted by Crippen LogP contribution is 2.30. The van der Waals surface area contributed by atoms with Crippen molar-refractivity contribution < 1.29 is 22.7 Å². The Balaban J connectivity index is 1.78. The van der Waals surface area contributed by atoms with Crippen LogP contribution in [0.15, 0.2) is 24.7 Å². The fourth-order valence-electron chi connectivity index (χ4n) is 2.49. The van der Waals surface area contributed by atoms with Crippen LogP contribution in [0.4, 0.5) is 13.2 Å². The van der Waals surface area contributed by atoms with Crippen LogP contribution in [0, 0.1) is 0 Å². The first-order valence-electron chi connectivity index (χ1n) is 7.14. The summed E-state index contributed by atoms with van der Waals surface area (Å²) in [7, 11) is 1.15. The molecular formula is C14H14F3N5O2.